The van der Waals surface area contributed by atoms with Crippen molar-refractivity contribution >= 4 is 45.5 Å². The lowest BCUT2D eigenvalue weighted by atomic mass is 9.75. The second-order valence-electron chi connectivity index (χ2n) is 8.53. The Kier molecular flexibility index (Phi) is 7.26. The van der Waals surface area contributed by atoms with Crippen LogP contribution in [-0.2, 0) is 11.3 Å². The minimum atomic E-state index is -0.210. The molecule has 2 aliphatic rings. The van der Waals surface area contributed by atoms with Crippen molar-refractivity contribution in [2.75, 3.05) is 20.2 Å². The van der Waals surface area contributed by atoms with Gasteiger partial charge in [0.15, 0.2) is 0 Å². The van der Waals surface area contributed by atoms with Gasteiger partial charge in [-0.05, 0) is 83.0 Å². The third-order valence-electron chi connectivity index (χ3n) is 6.48. The number of carbonyl (C=O) groups is 1. The van der Waals surface area contributed by atoms with E-state index < -0.39 is 0 Å². The van der Waals surface area contributed by atoms with E-state index in [9.17, 15) is 4.79 Å². The number of nitrogens with zero attached hydrogens (tertiary/aromatic N) is 2. The summed E-state index contributed by atoms with van der Waals surface area (Å²) in [5.41, 5.74) is 5.18. The van der Waals surface area contributed by atoms with Gasteiger partial charge in [0.2, 0.25) is 0 Å². The van der Waals surface area contributed by atoms with E-state index >= 15 is 0 Å². The predicted molar refractivity (Wildman–Crippen MR) is 131 cm³/mol. The van der Waals surface area contributed by atoms with Crippen LogP contribution in [0.25, 0.3) is 5.57 Å². The summed E-state index contributed by atoms with van der Waals surface area (Å²) in [7, 11) is 1.48. The first-order chi connectivity index (χ1) is 14.5. The van der Waals surface area contributed by atoms with Gasteiger partial charge in [-0.1, -0.05) is 25.8 Å². The zero-order valence-electron chi connectivity index (χ0n) is 17.7. The summed E-state index contributed by atoms with van der Waals surface area (Å²) in [4.78, 5) is 20.3. The molecule has 0 atom stereocenters. The highest BCUT2D eigenvalue weighted by Crippen LogP contribution is 2.42. The molecule has 0 radical (unpaired) electrons. The van der Waals surface area contributed by atoms with Gasteiger partial charge in [-0.3, -0.25) is 9.88 Å². The van der Waals surface area contributed by atoms with E-state index in [2.05, 4.69) is 57.6 Å². The summed E-state index contributed by atoms with van der Waals surface area (Å²) in [6, 6.07) is 8.33. The second kappa shape index (κ2) is 9.92. The molecule has 1 aliphatic heterocycles. The predicted octanol–water partition coefficient (Wildman–Crippen LogP) is 6.02. The fourth-order valence-electron chi connectivity index (χ4n) is 4.82. The molecule has 3 heterocycles. The SMILES string of the molecule is COC(=O)c1sc(I)cc1C1=C(C2CCC(C)CC2)CN(Cc2ccccn2)CC1. The molecule has 2 aromatic rings. The molecule has 1 saturated carbocycles. The van der Waals surface area contributed by atoms with Crippen LogP contribution >= 0.6 is 33.9 Å². The van der Waals surface area contributed by atoms with Crippen LogP contribution in [0, 0.1) is 14.7 Å². The maximum absolute atomic E-state index is 12.5. The number of methoxy groups -OCH3 is 1. The van der Waals surface area contributed by atoms with Crippen LogP contribution in [-0.4, -0.2) is 36.1 Å². The van der Waals surface area contributed by atoms with Crippen LogP contribution < -0.4 is 0 Å². The zero-order valence-corrected chi connectivity index (χ0v) is 20.7. The van der Waals surface area contributed by atoms with E-state index in [1.807, 2.05) is 12.3 Å². The first-order valence-electron chi connectivity index (χ1n) is 10.8. The topological polar surface area (TPSA) is 42.4 Å². The highest BCUT2D eigenvalue weighted by Gasteiger charge is 2.31. The van der Waals surface area contributed by atoms with Crippen molar-refractivity contribution in [1.29, 1.82) is 0 Å². The Hall–Kier alpha value is -1.25. The average molecular weight is 536 g/mol. The third kappa shape index (κ3) is 4.97. The molecule has 0 amide bonds. The van der Waals surface area contributed by atoms with Gasteiger partial charge < -0.3 is 4.74 Å². The molecule has 0 unspecified atom stereocenters. The highest BCUT2D eigenvalue weighted by atomic mass is 127. The van der Waals surface area contributed by atoms with E-state index in [0.29, 0.717) is 5.92 Å². The van der Waals surface area contributed by atoms with Crippen molar-refractivity contribution in [3.63, 3.8) is 0 Å². The molecule has 160 valence electrons. The van der Waals surface area contributed by atoms with Crippen molar-refractivity contribution in [1.82, 2.24) is 9.88 Å². The summed E-state index contributed by atoms with van der Waals surface area (Å²) in [6.45, 7) is 5.21. The van der Waals surface area contributed by atoms with E-state index in [1.54, 1.807) is 16.9 Å². The van der Waals surface area contributed by atoms with Gasteiger partial charge in [-0.2, -0.15) is 0 Å². The summed E-state index contributed by atoms with van der Waals surface area (Å²) in [6.07, 6.45) is 7.96. The lowest BCUT2D eigenvalue weighted by Crippen LogP contribution is -2.34. The fraction of sp³-hybridized carbons (Fsp3) is 0.500. The third-order valence-corrected chi connectivity index (χ3v) is 8.35. The van der Waals surface area contributed by atoms with Crippen LogP contribution in [0.3, 0.4) is 0 Å². The number of halogens is 1. The van der Waals surface area contributed by atoms with Crippen molar-refractivity contribution in [2.24, 2.45) is 11.8 Å². The first kappa shape index (κ1) is 22.0. The Morgan fingerprint density at radius 3 is 2.80 bits per heavy atom. The Bertz CT molecular complexity index is 917. The molecule has 0 aromatic carbocycles. The van der Waals surface area contributed by atoms with E-state index in [1.165, 1.54) is 38.4 Å². The lowest BCUT2D eigenvalue weighted by molar-refractivity contribution is 0.0606. The maximum Gasteiger partial charge on any atom is 0.348 e. The molecule has 4 rings (SSSR count). The number of pyridine rings is 1. The number of ether oxygens (including phenoxy) is 1. The highest BCUT2D eigenvalue weighted by molar-refractivity contribution is 14.1. The molecule has 0 N–H and O–H groups in total. The minimum Gasteiger partial charge on any atom is -0.465 e. The van der Waals surface area contributed by atoms with E-state index in [4.69, 9.17) is 4.74 Å². The summed E-state index contributed by atoms with van der Waals surface area (Å²) < 4.78 is 6.24. The zero-order chi connectivity index (χ0) is 21.1. The molecule has 0 spiro atoms. The maximum atomic E-state index is 12.5. The minimum absolute atomic E-state index is 0.210. The van der Waals surface area contributed by atoms with Crippen LogP contribution in [0.4, 0.5) is 0 Å². The Morgan fingerprint density at radius 1 is 1.30 bits per heavy atom. The van der Waals surface area contributed by atoms with Crippen molar-refractivity contribution in [3.8, 4) is 0 Å². The van der Waals surface area contributed by atoms with Crippen molar-refractivity contribution < 1.29 is 9.53 Å². The molecule has 2 aromatic heterocycles. The number of rotatable bonds is 5. The van der Waals surface area contributed by atoms with Crippen LogP contribution in [0.15, 0.2) is 36.0 Å². The molecular weight excluding hydrogens is 507 g/mol. The summed E-state index contributed by atoms with van der Waals surface area (Å²) in [5.74, 6) is 1.23. The molecule has 30 heavy (non-hydrogen) atoms. The molecule has 0 saturated heterocycles. The Balaban J connectivity index is 1.67. The van der Waals surface area contributed by atoms with Gasteiger partial charge in [-0.25, -0.2) is 4.79 Å². The van der Waals surface area contributed by atoms with Gasteiger partial charge in [0, 0.05) is 31.4 Å². The molecule has 0 bridgehead atoms. The molecule has 1 aliphatic carbocycles. The standard InChI is InChI=1S/C24H29IN2O2S/c1-16-6-8-17(9-7-16)21-15-27(14-18-5-3-4-11-26-18)12-10-19(21)20-13-22(25)30-23(20)24(28)29-2/h3-5,11,13,16-17H,6-10,12,14-15H2,1-2H3. The number of esters is 1. The Morgan fingerprint density at radius 2 is 2.10 bits per heavy atom. The number of thiophene rings is 1. The van der Waals surface area contributed by atoms with E-state index in [-0.39, 0.29) is 5.97 Å². The van der Waals surface area contributed by atoms with Gasteiger partial charge in [0.05, 0.1) is 15.7 Å². The normalized spacial score (nSPS) is 22.9. The molecule has 4 nitrogen and oxygen atoms in total. The fourth-order valence-corrected chi connectivity index (χ4v) is 6.63. The summed E-state index contributed by atoms with van der Waals surface area (Å²) >= 11 is 3.87. The number of aromatic nitrogens is 1. The quantitative estimate of drug-likeness (QED) is 0.346. The largest absolute Gasteiger partial charge is 0.465 e. The van der Waals surface area contributed by atoms with Crippen LogP contribution in [0.5, 0.6) is 0 Å². The van der Waals surface area contributed by atoms with Crippen molar-refractivity contribution in [3.05, 3.63) is 55.1 Å². The molecule has 1 fully saturated rings. The molecular formula is C24H29IN2O2S. The van der Waals surface area contributed by atoms with Gasteiger partial charge >= 0.3 is 5.97 Å². The van der Waals surface area contributed by atoms with Gasteiger partial charge in [0.1, 0.15) is 4.88 Å². The lowest BCUT2D eigenvalue weighted by Gasteiger charge is -2.37. The molecule has 6 heteroatoms. The van der Waals surface area contributed by atoms with E-state index in [0.717, 1.165) is 51.0 Å². The first-order valence-corrected chi connectivity index (χ1v) is 12.7. The average Bonchev–Trinajstić information content (AvgIpc) is 3.16. The second-order valence-corrected chi connectivity index (χ2v) is 11.5. The monoisotopic (exact) mass is 536 g/mol. The van der Waals surface area contributed by atoms with Crippen LogP contribution in [0.1, 0.15) is 60.0 Å². The van der Waals surface area contributed by atoms with Gasteiger partial charge in [-0.15, -0.1) is 11.3 Å². The number of carbonyl (C=O) groups excluding carboxylic acids is 1. The number of hydrogen-bond acceptors (Lipinski definition) is 5. The number of hydrogen-bond donors (Lipinski definition) is 0. The van der Waals surface area contributed by atoms with Crippen molar-refractivity contribution in [2.45, 2.75) is 45.6 Å². The van der Waals surface area contributed by atoms with Crippen LogP contribution in [0.2, 0.25) is 0 Å². The smallest absolute Gasteiger partial charge is 0.348 e. The Labute approximate surface area is 196 Å². The summed E-state index contributed by atoms with van der Waals surface area (Å²) in [5, 5.41) is 0. The van der Waals surface area contributed by atoms with Gasteiger partial charge in [0.25, 0.3) is 0 Å².